The van der Waals surface area contributed by atoms with Gasteiger partial charge in [-0.3, -0.25) is 4.79 Å². The average Bonchev–Trinajstić information content (AvgIpc) is 3.16. The number of carbonyl (C=O) groups is 1. The first-order chi connectivity index (χ1) is 12.5. The molecule has 1 atom stereocenters. The quantitative estimate of drug-likeness (QED) is 0.636. The van der Waals surface area contributed by atoms with Crippen LogP contribution in [0.2, 0.25) is 0 Å². The second-order valence-corrected chi connectivity index (χ2v) is 6.48. The van der Waals surface area contributed by atoms with E-state index in [4.69, 9.17) is 4.42 Å². The highest BCUT2D eigenvalue weighted by atomic mass is 16.3. The van der Waals surface area contributed by atoms with Crippen LogP contribution in [0.5, 0.6) is 0 Å². The highest BCUT2D eigenvalue weighted by Gasteiger charge is 2.16. The number of rotatable bonds is 5. The topological polar surface area (TPSA) is 42.2 Å². The van der Waals surface area contributed by atoms with Gasteiger partial charge in [0, 0.05) is 0 Å². The molecule has 1 amide bonds. The number of benzene rings is 2. The molecule has 2 aromatic carbocycles. The molecule has 0 aliphatic heterocycles. The standard InChI is InChI=1S/C23H23NO2/c1-16-11-12-20(14-17(16)2)18(3)24-23(25)22(15-21-10-7-13-26-21)19-8-5-4-6-9-19/h4-15,18H,1-3H3,(H,24,25)/b22-15+. The van der Waals surface area contributed by atoms with Gasteiger partial charge in [0.1, 0.15) is 5.76 Å². The van der Waals surface area contributed by atoms with Gasteiger partial charge in [-0.05, 0) is 61.2 Å². The summed E-state index contributed by atoms with van der Waals surface area (Å²) >= 11 is 0. The summed E-state index contributed by atoms with van der Waals surface area (Å²) in [7, 11) is 0. The van der Waals surface area contributed by atoms with E-state index in [0.29, 0.717) is 11.3 Å². The predicted molar refractivity (Wildman–Crippen MR) is 105 cm³/mol. The molecule has 0 aliphatic rings. The molecule has 1 aromatic heterocycles. The van der Waals surface area contributed by atoms with Crippen molar-refractivity contribution in [2.75, 3.05) is 0 Å². The van der Waals surface area contributed by atoms with Gasteiger partial charge in [0.25, 0.3) is 5.91 Å². The van der Waals surface area contributed by atoms with Gasteiger partial charge in [0.05, 0.1) is 17.9 Å². The molecule has 3 heteroatoms. The van der Waals surface area contributed by atoms with Crippen molar-refractivity contribution in [2.24, 2.45) is 0 Å². The minimum Gasteiger partial charge on any atom is -0.465 e. The van der Waals surface area contributed by atoms with Crippen LogP contribution in [0.15, 0.2) is 71.3 Å². The van der Waals surface area contributed by atoms with Crippen LogP contribution in [-0.4, -0.2) is 5.91 Å². The van der Waals surface area contributed by atoms with Crippen molar-refractivity contribution in [1.82, 2.24) is 5.32 Å². The first-order valence-electron chi connectivity index (χ1n) is 8.73. The van der Waals surface area contributed by atoms with E-state index in [1.54, 1.807) is 12.3 Å². The fraction of sp³-hybridized carbons (Fsp3) is 0.174. The Kier molecular flexibility index (Phi) is 5.37. The summed E-state index contributed by atoms with van der Waals surface area (Å²) in [4.78, 5) is 13.0. The summed E-state index contributed by atoms with van der Waals surface area (Å²) in [6.45, 7) is 6.17. The summed E-state index contributed by atoms with van der Waals surface area (Å²) in [5.74, 6) is 0.524. The molecule has 3 rings (SSSR count). The Balaban J connectivity index is 1.87. The van der Waals surface area contributed by atoms with E-state index < -0.39 is 0 Å². The monoisotopic (exact) mass is 345 g/mol. The average molecular weight is 345 g/mol. The lowest BCUT2D eigenvalue weighted by molar-refractivity contribution is -0.116. The van der Waals surface area contributed by atoms with Gasteiger partial charge in [0.2, 0.25) is 0 Å². The summed E-state index contributed by atoms with van der Waals surface area (Å²) in [6.07, 6.45) is 3.38. The van der Waals surface area contributed by atoms with Crippen LogP contribution in [0, 0.1) is 13.8 Å². The molecule has 132 valence electrons. The lowest BCUT2D eigenvalue weighted by Crippen LogP contribution is -2.27. The number of aryl methyl sites for hydroxylation is 2. The Bertz CT molecular complexity index is 909. The highest BCUT2D eigenvalue weighted by molar-refractivity contribution is 6.24. The van der Waals surface area contributed by atoms with E-state index >= 15 is 0 Å². The predicted octanol–water partition coefficient (Wildman–Crippen LogP) is 5.31. The maximum Gasteiger partial charge on any atom is 0.252 e. The Hall–Kier alpha value is -3.07. The second kappa shape index (κ2) is 7.87. The van der Waals surface area contributed by atoms with Gasteiger partial charge in [-0.25, -0.2) is 0 Å². The number of hydrogen-bond donors (Lipinski definition) is 1. The molecule has 0 fully saturated rings. The lowest BCUT2D eigenvalue weighted by Gasteiger charge is -2.17. The van der Waals surface area contributed by atoms with Gasteiger partial charge >= 0.3 is 0 Å². The Morgan fingerprint density at radius 1 is 1.00 bits per heavy atom. The van der Waals surface area contributed by atoms with Gasteiger partial charge in [-0.2, -0.15) is 0 Å². The van der Waals surface area contributed by atoms with Crippen molar-refractivity contribution < 1.29 is 9.21 Å². The van der Waals surface area contributed by atoms with Crippen molar-refractivity contribution in [3.8, 4) is 0 Å². The van der Waals surface area contributed by atoms with Gasteiger partial charge in [-0.1, -0.05) is 48.5 Å². The van der Waals surface area contributed by atoms with E-state index in [2.05, 4.69) is 37.4 Å². The number of furan rings is 1. The summed E-state index contributed by atoms with van der Waals surface area (Å²) in [5, 5.41) is 3.10. The fourth-order valence-electron chi connectivity index (χ4n) is 2.81. The maximum absolute atomic E-state index is 13.0. The number of carbonyl (C=O) groups excluding carboxylic acids is 1. The molecule has 1 unspecified atom stereocenters. The third-order valence-electron chi connectivity index (χ3n) is 4.54. The molecule has 1 heterocycles. The van der Waals surface area contributed by atoms with Crippen LogP contribution < -0.4 is 5.32 Å². The highest BCUT2D eigenvalue weighted by Crippen LogP contribution is 2.22. The van der Waals surface area contributed by atoms with Crippen molar-refractivity contribution in [3.63, 3.8) is 0 Å². The molecule has 1 N–H and O–H groups in total. The normalized spacial score (nSPS) is 12.7. The van der Waals surface area contributed by atoms with Crippen LogP contribution >= 0.6 is 0 Å². The molecule has 26 heavy (non-hydrogen) atoms. The minimum absolute atomic E-state index is 0.0921. The van der Waals surface area contributed by atoms with E-state index in [9.17, 15) is 4.79 Å². The van der Waals surface area contributed by atoms with E-state index in [-0.39, 0.29) is 11.9 Å². The van der Waals surface area contributed by atoms with Crippen molar-refractivity contribution in [1.29, 1.82) is 0 Å². The Morgan fingerprint density at radius 2 is 1.77 bits per heavy atom. The minimum atomic E-state index is -0.127. The second-order valence-electron chi connectivity index (χ2n) is 6.48. The summed E-state index contributed by atoms with van der Waals surface area (Å²) < 4.78 is 5.40. The summed E-state index contributed by atoms with van der Waals surface area (Å²) in [6, 6.07) is 19.5. The van der Waals surface area contributed by atoms with E-state index in [1.165, 1.54) is 11.1 Å². The van der Waals surface area contributed by atoms with Crippen molar-refractivity contribution in [3.05, 3.63) is 94.9 Å². The van der Waals surface area contributed by atoms with Crippen molar-refractivity contribution >= 4 is 17.6 Å². The van der Waals surface area contributed by atoms with E-state index in [1.807, 2.05) is 49.4 Å². The SMILES string of the molecule is Cc1ccc(C(C)NC(=O)/C(=C/c2ccco2)c2ccccc2)cc1C. The molecule has 0 saturated heterocycles. The third kappa shape index (κ3) is 4.12. The van der Waals surface area contributed by atoms with Crippen molar-refractivity contribution in [2.45, 2.75) is 26.8 Å². The molecule has 3 aromatic rings. The largest absolute Gasteiger partial charge is 0.465 e. The van der Waals surface area contributed by atoms with E-state index in [0.717, 1.165) is 11.1 Å². The molecular formula is C23H23NO2. The third-order valence-corrected chi connectivity index (χ3v) is 4.54. The number of amides is 1. The number of hydrogen-bond acceptors (Lipinski definition) is 2. The Labute approximate surface area is 154 Å². The maximum atomic E-state index is 13.0. The first-order valence-corrected chi connectivity index (χ1v) is 8.73. The molecule has 3 nitrogen and oxygen atoms in total. The lowest BCUT2D eigenvalue weighted by atomic mass is 10.0. The molecule has 0 aliphatic carbocycles. The van der Waals surface area contributed by atoms with Crippen LogP contribution in [0.25, 0.3) is 11.6 Å². The fourth-order valence-corrected chi connectivity index (χ4v) is 2.81. The smallest absolute Gasteiger partial charge is 0.252 e. The molecule has 0 radical (unpaired) electrons. The molecule has 0 bridgehead atoms. The van der Waals surface area contributed by atoms with Gasteiger partial charge in [0.15, 0.2) is 0 Å². The van der Waals surface area contributed by atoms with Crippen LogP contribution in [0.3, 0.4) is 0 Å². The molecular weight excluding hydrogens is 322 g/mol. The van der Waals surface area contributed by atoms with Crippen LogP contribution in [0.4, 0.5) is 0 Å². The van der Waals surface area contributed by atoms with Gasteiger partial charge < -0.3 is 9.73 Å². The van der Waals surface area contributed by atoms with Crippen LogP contribution in [-0.2, 0) is 4.79 Å². The zero-order valence-corrected chi connectivity index (χ0v) is 15.3. The van der Waals surface area contributed by atoms with Gasteiger partial charge in [-0.15, -0.1) is 0 Å². The zero-order chi connectivity index (χ0) is 18.5. The Morgan fingerprint density at radius 3 is 2.42 bits per heavy atom. The molecule has 0 spiro atoms. The molecule has 0 saturated carbocycles. The number of nitrogens with one attached hydrogen (secondary N) is 1. The van der Waals surface area contributed by atoms with Crippen LogP contribution in [0.1, 0.15) is 41.0 Å². The zero-order valence-electron chi connectivity index (χ0n) is 15.3. The first kappa shape index (κ1) is 17.7. The summed E-state index contributed by atoms with van der Waals surface area (Å²) in [5.41, 5.74) is 4.99.